The highest BCUT2D eigenvalue weighted by atomic mass is 35.5. The van der Waals surface area contributed by atoms with E-state index in [9.17, 15) is 0 Å². The molecule has 1 nitrogen and oxygen atoms in total. The maximum absolute atomic E-state index is 6.08. The highest BCUT2D eigenvalue weighted by Crippen LogP contribution is 2.24. The number of nitrogens with one attached hydrogen (secondary N) is 1. The van der Waals surface area contributed by atoms with Crippen molar-refractivity contribution in [2.45, 2.75) is 26.4 Å². The van der Waals surface area contributed by atoms with Crippen LogP contribution in [-0.4, -0.2) is 0 Å². The zero-order valence-corrected chi connectivity index (χ0v) is 7.91. The molecule has 1 aromatic rings. The van der Waals surface area contributed by atoms with Crippen molar-refractivity contribution in [3.05, 3.63) is 33.8 Å². The molecule has 0 amide bonds. The normalized spacial score (nSPS) is 14.8. The number of benzene rings is 1. The zero-order valence-electron chi connectivity index (χ0n) is 7.15. The largest absolute Gasteiger partial charge is 0.309 e. The highest BCUT2D eigenvalue weighted by molar-refractivity contribution is 6.31. The van der Waals surface area contributed by atoms with Gasteiger partial charge in [-0.05, 0) is 29.2 Å². The standard InChI is InChI=1S/C10H12ClN/c1-2-7-3-8-5-12-6-9(8)4-10(7)11/h3-4,12H,2,5-6H2,1H3. The quantitative estimate of drug-likeness (QED) is 0.702. The van der Waals surface area contributed by atoms with Crippen molar-refractivity contribution < 1.29 is 0 Å². The lowest BCUT2D eigenvalue weighted by Gasteiger charge is -2.04. The lowest BCUT2D eigenvalue weighted by Crippen LogP contribution is -1.99. The molecule has 0 aliphatic carbocycles. The van der Waals surface area contributed by atoms with Crippen LogP contribution in [0.15, 0.2) is 12.1 Å². The Balaban J connectivity index is 2.49. The third-order valence-corrected chi connectivity index (χ3v) is 2.73. The first kappa shape index (κ1) is 8.09. The Bertz CT molecular complexity index is 306. The van der Waals surface area contributed by atoms with Crippen LogP contribution in [0.25, 0.3) is 0 Å². The van der Waals surface area contributed by atoms with Gasteiger partial charge in [-0.2, -0.15) is 0 Å². The maximum Gasteiger partial charge on any atom is 0.0441 e. The van der Waals surface area contributed by atoms with Crippen molar-refractivity contribution in [3.8, 4) is 0 Å². The smallest absolute Gasteiger partial charge is 0.0441 e. The Labute approximate surface area is 77.7 Å². The number of rotatable bonds is 1. The van der Waals surface area contributed by atoms with E-state index in [1.54, 1.807) is 0 Å². The fourth-order valence-corrected chi connectivity index (χ4v) is 1.96. The van der Waals surface area contributed by atoms with Crippen LogP contribution in [0.2, 0.25) is 5.02 Å². The van der Waals surface area contributed by atoms with Crippen molar-refractivity contribution in [1.29, 1.82) is 0 Å². The summed E-state index contributed by atoms with van der Waals surface area (Å²) in [5.41, 5.74) is 4.03. The molecule has 0 unspecified atom stereocenters. The summed E-state index contributed by atoms with van der Waals surface area (Å²) in [6.45, 7) is 4.11. The Morgan fingerprint density at radius 1 is 1.33 bits per heavy atom. The molecule has 12 heavy (non-hydrogen) atoms. The predicted octanol–water partition coefficient (Wildman–Crippen LogP) is 2.51. The van der Waals surface area contributed by atoms with Gasteiger partial charge in [0.1, 0.15) is 0 Å². The average Bonchev–Trinajstić information content (AvgIpc) is 2.49. The third-order valence-electron chi connectivity index (χ3n) is 2.38. The first-order valence-corrected chi connectivity index (χ1v) is 4.70. The van der Waals surface area contributed by atoms with Gasteiger partial charge < -0.3 is 5.32 Å². The van der Waals surface area contributed by atoms with Crippen LogP contribution in [-0.2, 0) is 19.5 Å². The summed E-state index contributed by atoms with van der Waals surface area (Å²) in [6.07, 6.45) is 1.02. The molecule has 2 rings (SSSR count). The Hall–Kier alpha value is -0.530. The SMILES string of the molecule is CCc1cc2c(cc1Cl)CNC2. The van der Waals surface area contributed by atoms with Gasteiger partial charge in [-0.15, -0.1) is 0 Å². The fraction of sp³-hybridized carbons (Fsp3) is 0.400. The van der Waals surface area contributed by atoms with Gasteiger partial charge >= 0.3 is 0 Å². The summed E-state index contributed by atoms with van der Waals surface area (Å²) in [5, 5.41) is 4.22. The number of fused-ring (bicyclic) bond motifs is 1. The van der Waals surface area contributed by atoms with Crippen LogP contribution in [0.1, 0.15) is 23.6 Å². The minimum atomic E-state index is 0.917. The molecular formula is C10H12ClN. The Kier molecular flexibility index (Phi) is 2.07. The van der Waals surface area contributed by atoms with E-state index >= 15 is 0 Å². The van der Waals surface area contributed by atoms with Crippen molar-refractivity contribution >= 4 is 11.6 Å². The molecule has 1 aromatic carbocycles. The lowest BCUT2D eigenvalue weighted by atomic mass is 10.1. The molecule has 1 heterocycles. The molecule has 0 bridgehead atoms. The van der Waals surface area contributed by atoms with Gasteiger partial charge in [-0.25, -0.2) is 0 Å². The molecule has 0 radical (unpaired) electrons. The summed E-state index contributed by atoms with van der Waals surface area (Å²) in [7, 11) is 0. The van der Waals surface area contributed by atoms with Crippen LogP contribution >= 0.6 is 11.6 Å². The van der Waals surface area contributed by atoms with Crippen molar-refractivity contribution in [3.63, 3.8) is 0 Å². The molecule has 1 aliphatic heterocycles. The number of halogens is 1. The minimum Gasteiger partial charge on any atom is -0.309 e. The van der Waals surface area contributed by atoms with E-state index in [1.165, 1.54) is 16.7 Å². The molecule has 0 aromatic heterocycles. The highest BCUT2D eigenvalue weighted by Gasteiger charge is 2.11. The van der Waals surface area contributed by atoms with Crippen LogP contribution in [0.5, 0.6) is 0 Å². The van der Waals surface area contributed by atoms with E-state index in [2.05, 4.69) is 24.4 Å². The fourth-order valence-electron chi connectivity index (χ4n) is 1.64. The van der Waals surface area contributed by atoms with Crippen LogP contribution in [0.3, 0.4) is 0 Å². The zero-order chi connectivity index (χ0) is 8.55. The summed E-state index contributed by atoms with van der Waals surface area (Å²) in [5.74, 6) is 0. The van der Waals surface area contributed by atoms with Gasteiger partial charge in [0, 0.05) is 18.1 Å². The van der Waals surface area contributed by atoms with Gasteiger partial charge in [0.15, 0.2) is 0 Å². The molecule has 1 aliphatic rings. The van der Waals surface area contributed by atoms with E-state index in [-0.39, 0.29) is 0 Å². The molecule has 0 spiro atoms. The molecule has 0 fully saturated rings. The van der Waals surface area contributed by atoms with Crippen molar-refractivity contribution in [2.24, 2.45) is 0 Å². The van der Waals surface area contributed by atoms with Crippen LogP contribution in [0, 0.1) is 0 Å². The van der Waals surface area contributed by atoms with Crippen LogP contribution in [0.4, 0.5) is 0 Å². The molecule has 64 valence electrons. The maximum atomic E-state index is 6.08. The lowest BCUT2D eigenvalue weighted by molar-refractivity contribution is 0.764. The number of aryl methyl sites for hydroxylation is 1. The van der Waals surface area contributed by atoms with Gasteiger partial charge in [0.25, 0.3) is 0 Å². The predicted molar refractivity (Wildman–Crippen MR) is 51.4 cm³/mol. The van der Waals surface area contributed by atoms with Crippen LogP contribution < -0.4 is 5.32 Å². The number of hydrogen-bond donors (Lipinski definition) is 1. The Morgan fingerprint density at radius 3 is 2.67 bits per heavy atom. The van der Waals surface area contributed by atoms with E-state index in [0.717, 1.165) is 24.5 Å². The first-order valence-electron chi connectivity index (χ1n) is 4.32. The third kappa shape index (κ3) is 1.23. The second-order valence-electron chi connectivity index (χ2n) is 3.17. The first-order chi connectivity index (χ1) is 5.81. The van der Waals surface area contributed by atoms with Gasteiger partial charge in [-0.3, -0.25) is 0 Å². The van der Waals surface area contributed by atoms with Crippen molar-refractivity contribution in [2.75, 3.05) is 0 Å². The van der Waals surface area contributed by atoms with E-state index in [1.807, 2.05) is 0 Å². The molecule has 2 heteroatoms. The van der Waals surface area contributed by atoms with Gasteiger partial charge in [0.05, 0.1) is 0 Å². The number of hydrogen-bond acceptors (Lipinski definition) is 1. The molecule has 0 saturated carbocycles. The molecule has 1 N–H and O–H groups in total. The van der Waals surface area contributed by atoms with E-state index in [4.69, 9.17) is 11.6 Å². The Morgan fingerprint density at radius 2 is 2.00 bits per heavy atom. The second kappa shape index (κ2) is 3.08. The summed E-state index contributed by atoms with van der Waals surface area (Å²) < 4.78 is 0. The molecule has 0 saturated heterocycles. The van der Waals surface area contributed by atoms with Gasteiger partial charge in [-0.1, -0.05) is 24.6 Å². The van der Waals surface area contributed by atoms with Crippen molar-refractivity contribution in [1.82, 2.24) is 5.32 Å². The summed E-state index contributed by atoms with van der Waals surface area (Å²) in [6, 6.07) is 4.31. The second-order valence-corrected chi connectivity index (χ2v) is 3.58. The monoisotopic (exact) mass is 181 g/mol. The molecule has 0 atom stereocenters. The topological polar surface area (TPSA) is 12.0 Å². The molecular weight excluding hydrogens is 170 g/mol. The summed E-state index contributed by atoms with van der Waals surface area (Å²) >= 11 is 6.08. The minimum absolute atomic E-state index is 0.917. The van der Waals surface area contributed by atoms with Gasteiger partial charge in [0.2, 0.25) is 0 Å². The van der Waals surface area contributed by atoms with E-state index in [0.29, 0.717) is 0 Å². The van der Waals surface area contributed by atoms with E-state index < -0.39 is 0 Å². The average molecular weight is 182 g/mol. The summed E-state index contributed by atoms with van der Waals surface area (Å²) in [4.78, 5) is 0.